The minimum atomic E-state index is -0.0783. The SMILES string of the molecule is Cc1[nH]ncc1CCCNC(=O)c1cccc(OCc2cccs2)c1. The molecule has 0 aliphatic rings. The Hall–Kier alpha value is -2.60. The van der Waals surface area contributed by atoms with E-state index in [4.69, 9.17) is 4.74 Å². The number of aryl methyl sites for hydroxylation is 2. The van der Waals surface area contributed by atoms with E-state index in [0.29, 0.717) is 24.5 Å². The fourth-order valence-electron chi connectivity index (χ4n) is 2.49. The Kier molecular flexibility index (Phi) is 5.85. The number of aromatic nitrogens is 2. The molecule has 0 spiro atoms. The van der Waals surface area contributed by atoms with Crippen LogP contribution in [0.25, 0.3) is 0 Å². The number of carbonyl (C=O) groups is 1. The van der Waals surface area contributed by atoms with Gasteiger partial charge in [-0.2, -0.15) is 5.10 Å². The highest BCUT2D eigenvalue weighted by Gasteiger charge is 2.07. The fraction of sp³-hybridized carbons (Fsp3) is 0.263. The van der Waals surface area contributed by atoms with Crippen LogP contribution in [0, 0.1) is 6.92 Å². The molecule has 25 heavy (non-hydrogen) atoms. The molecular weight excluding hydrogens is 334 g/mol. The maximum absolute atomic E-state index is 12.3. The van der Waals surface area contributed by atoms with Crippen LogP contribution in [0.1, 0.15) is 32.9 Å². The Morgan fingerprint density at radius 2 is 2.24 bits per heavy atom. The summed E-state index contributed by atoms with van der Waals surface area (Å²) < 4.78 is 5.75. The van der Waals surface area contributed by atoms with Gasteiger partial charge in [-0.1, -0.05) is 12.1 Å². The average molecular weight is 355 g/mol. The molecule has 0 fully saturated rings. The van der Waals surface area contributed by atoms with Crippen molar-refractivity contribution in [3.05, 3.63) is 69.7 Å². The molecule has 2 heterocycles. The number of amides is 1. The van der Waals surface area contributed by atoms with Gasteiger partial charge in [-0.3, -0.25) is 9.89 Å². The molecule has 1 aromatic carbocycles. The van der Waals surface area contributed by atoms with E-state index in [1.54, 1.807) is 23.5 Å². The van der Waals surface area contributed by atoms with Crippen molar-refractivity contribution in [2.75, 3.05) is 6.54 Å². The number of nitrogens with zero attached hydrogens (tertiary/aromatic N) is 1. The number of aromatic amines is 1. The molecule has 3 aromatic rings. The quantitative estimate of drug-likeness (QED) is 0.605. The Morgan fingerprint density at radius 3 is 3.00 bits per heavy atom. The first kappa shape index (κ1) is 17.2. The molecule has 5 nitrogen and oxygen atoms in total. The van der Waals surface area contributed by atoms with Gasteiger partial charge in [0.2, 0.25) is 0 Å². The first-order valence-corrected chi connectivity index (χ1v) is 9.12. The Bertz CT molecular complexity index is 812. The zero-order valence-corrected chi connectivity index (χ0v) is 14.9. The van der Waals surface area contributed by atoms with Crippen molar-refractivity contribution >= 4 is 17.2 Å². The van der Waals surface area contributed by atoms with Crippen LogP contribution in [0.15, 0.2) is 48.0 Å². The number of nitrogens with one attached hydrogen (secondary N) is 2. The van der Waals surface area contributed by atoms with Crippen molar-refractivity contribution in [2.24, 2.45) is 0 Å². The van der Waals surface area contributed by atoms with Crippen molar-refractivity contribution < 1.29 is 9.53 Å². The van der Waals surface area contributed by atoms with Crippen LogP contribution in [0.2, 0.25) is 0 Å². The molecule has 0 aliphatic carbocycles. The zero-order chi connectivity index (χ0) is 17.5. The van der Waals surface area contributed by atoms with E-state index < -0.39 is 0 Å². The zero-order valence-electron chi connectivity index (χ0n) is 14.1. The van der Waals surface area contributed by atoms with Crippen LogP contribution in [0.3, 0.4) is 0 Å². The summed E-state index contributed by atoms with van der Waals surface area (Å²) in [6, 6.07) is 11.3. The smallest absolute Gasteiger partial charge is 0.251 e. The van der Waals surface area contributed by atoms with Crippen molar-refractivity contribution in [3.8, 4) is 5.75 Å². The van der Waals surface area contributed by atoms with E-state index in [1.165, 1.54) is 5.56 Å². The largest absolute Gasteiger partial charge is 0.488 e. The van der Waals surface area contributed by atoms with Gasteiger partial charge in [0.1, 0.15) is 12.4 Å². The van der Waals surface area contributed by atoms with Crippen LogP contribution in [-0.2, 0) is 13.0 Å². The summed E-state index contributed by atoms with van der Waals surface area (Å²) in [5.74, 6) is 0.626. The molecule has 3 rings (SSSR count). The topological polar surface area (TPSA) is 67.0 Å². The van der Waals surface area contributed by atoms with E-state index in [0.717, 1.165) is 23.4 Å². The first-order chi connectivity index (χ1) is 12.2. The van der Waals surface area contributed by atoms with Crippen molar-refractivity contribution in [1.29, 1.82) is 0 Å². The van der Waals surface area contributed by atoms with E-state index in [2.05, 4.69) is 15.5 Å². The van der Waals surface area contributed by atoms with Gasteiger partial charge < -0.3 is 10.1 Å². The molecule has 130 valence electrons. The van der Waals surface area contributed by atoms with E-state index >= 15 is 0 Å². The minimum absolute atomic E-state index is 0.0783. The molecular formula is C19H21N3O2S. The predicted molar refractivity (Wildman–Crippen MR) is 99.1 cm³/mol. The van der Waals surface area contributed by atoms with Gasteiger partial charge in [-0.05, 0) is 55.0 Å². The fourth-order valence-corrected chi connectivity index (χ4v) is 3.10. The van der Waals surface area contributed by atoms with Gasteiger partial charge in [0.05, 0.1) is 6.20 Å². The maximum atomic E-state index is 12.3. The van der Waals surface area contributed by atoms with Crippen molar-refractivity contribution in [3.63, 3.8) is 0 Å². The number of H-pyrrole nitrogens is 1. The van der Waals surface area contributed by atoms with Gasteiger partial charge in [-0.25, -0.2) is 0 Å². The second-order valence-corrected chi connectivity index (χ2v) is 6.81. The Labute approximate surface area is 151 Å². The molecule has 2 aromatic heterocycles. The summed E-state index contributed by atoms with van der Waals surface area (Å²) in [5, 5.41) is 11.9. The Balaban J connectivity index is 1.46. The van der Waals surface area contributed by atoms with Gasteiger partial charge >= 0.3 is 0 Å². The van der Waals surface area contributed by atoms with Crippen LogP contribution in [0.4, 0.5) is 0 Å². The van der Waals surface area contributed by atoms with Gasteiger partial charge in [-0.15, -0.1) is 11.3 Å². The standard InChI is InChI=1S/C19H21N3O2S/c1-14-16(12-21-22-14)6-3-9-20-19(23)15-5-2-7-17(11-15)24-13-18-8-4-10-25-18/h2,4-5,7-8,10-12H,3,6,9,13H2,1H3,(H,20,23)(H,21,22). The lowest BCUT2D eigenvalue weighted by Crippen LogP contribution is -2.24. The maximum Gasteiger partial charge on any atom is 0.251 e. The van der Waals surface area contributed by atoms with Gasteiger partial charge in [0.15, 0.2) is 0 Å². The Morgan fingerprint density at radius 1 is 1.32 bits per heavy atom. The predicted octanol–water partition coefficient (Wildman–Crippen LogP) is 3.72. The summed E-state index contributed by atoms with van der Waals surface area (Å²) in [7, 11) is 0. The molecule has 2 N–H and O–H groups in total. The van der Waals surface area contributed by atoms with Crippen LogP contribution >= 0.6 is 11.3 Å². The second kappa shape index (κ2) is 8.48. The van der Waals surface area contributed by atoms with Gasteiger partial charge in [0.25, 0.3) is 5.91 Å². The van der Waals surface area contributed by atoms with Crippen LogP contribution < -0.4 is 10.1 Å². The summed E-state index contributed by atoms with van der Waals surface area (Å²) in [5.41, 5.74) is 2.89. The lowest BCUT2D eigenvalue weighted by molar-refractivity contribution is 0.0952. The number of carbonyl (C=O) groups excluding carboxylic acids is 1. The van der Waals surface area contributed by atoms with Crippen LogP contribution in [0.5, 0.6) is 5.75 Å². The van der Waals surface area contributed by atoms with E-state index in [9.17, 15) is 4.79 Å². The molecule has 0 aliphatic heterocycles. The normalized spacial score (nSPS) is 10.6. The van der Waals surface area contributed by atoms with E-state index in [-0.39, 0.29) is 5.91 Å². The summed E-state index contributed by atoms with van der Waals surface area (Å²) in [4.78, 5) is 13.4. The third-order valence-corrected chi connectivity index (χ3v) is 4.75. The van der Waals surface area contributed by atoms with Crippen LogP contribution in [-0.4, -0.2) is 22.6 Å². The molecule has 0 atom stereocenters. The first-order valence-electron chi connectivity index (χ1n) is 8.24. The molecule has 0 saturated heterocycles. The lowest BCUT2D eigenvalue weighted by atomic mass is 10.1. The molecule has 1 amide bonds. The minimum Gasteiger partial charge on any atom is -0.488 e. The number of ether oxygens (including phenoxy) is 1. The van der Waals surface area contributed by atoms with Crippen molar-refractivity contribution in [1.82, 2.24) is 15.5 Å². The number of benzene rings is 1. The number of rotatable bonds is 8. The number of hydrogen-bond donors (Lipinski definition) is 2. The molecule has 6 heteroatoms. The molecule has 0 unspecified atom stereocenters. The highest BCUT2D eigenvalue weighted by molar-refractivity contribution is 7.09. The summed E-state index contributed by atoms with van der Waals surface area (Å²) in [6.45, 7) is 3.15. The third kappa shape index (κ3) is 4.93. The van der Waals surface area contributed by atoms with Crippen molar-refractivity contribution in [2.45, 2.75) is 26.4 Å². The highest BCUT2D eigenvalue weighted by atomic mass is 32.1. The number of thiophene rings is 1. The monoisotopic (exact) mass is 355 g/mol. The summed E-state index contributed by atoms with van der Waals surface area (Å²) >= 11 is 1.66. The summed E-state index contributed by atoms with van der Waals surface area (Å²) in [6.07, 6.45) is 3.61. The lowest BCUT2D eigenvalue weighted by Gasteiger charge is -2.08. The van der Waals surface area contributed by atoms with Gasteiger partial charge in [0, 0.05) is 22.7 Å². The molecule has 0 bridgehead atoms. The van der Waals surface area contributed by atoms with E-state index in [1.807, 2.05) is 42.8 Å². The second-order valence-electron chi connectivity index (χ2n) is 5.78. The highest BCUT2D eigenvalue weighted by Crippen LogP contribution is 2.17. The third-order valence-electron chi connectivity index (χ3n) is 3.90. The molecule has 0 saturated carbocycles. The average Bonchev–Trinajstić information content (AvgIpc) is 3.29. The molecule has 0 radical (unpaired) electrons. The number of hydrogen-bond acceptors (Lipinski definition) is 4.